The first-order chi connectivity index (χ1) is 15.2. The van der Waals surface area contributed by atoms with Gasteiger partial charge in [0.2, 0.25) is 0 Å². The SMILES string of the molecule is Cc1nc2ncc(-n3ccc4ncc(C(C)(C)O)nc43)cc2n1Cc1cc(F)cc(F)c1. The number of imidazole rings is 1. The Balaban J connectivity index is 1.63. The molecule has 5 rings (SSSR count). The molecule has 0 bridgehead atoms. The van der Waals surface area contributed by atoms with Gasteiger partial charge in [-0.2, -0.15) is 0 Å². The number of aryl methyl sites for hydroxylation is 1. The summed E-state index contributed by atoms with van der Waals surface area (Å²) in [6, 6.07) is 7.19. The van der Waals surface area contributed by atoms with E-state index >= 15 is 0 Å². The Kier molecular flexibility index (Phi) is 4.52. The molecule has 0 aliphatic carbocycles. The van der Waals surface area contributed by atoms with Crippen molar-refractivity contribution < 1.29 is 13.9 Å². The fraction of sp³-hybridized carbons (Fsp3) is 0.217. The normalized spacial score (nSPS) is 12.2. The van der Waals surface area contributed by atoms with Gasteiger partial charge < -0.3 is 9.67 Å². The maximum atomic E-state index is 13.7. The topological polar surface area (TPSA) is 81.7 Å². The zero-order chi connectivity index (χ0) is 22.6. The van der Waals surface area contributed by atoms with Gasteiger partial charge in [-0.3, -0.25) is 9.55 Å². The highest BCUT2D eigenvalue weighted by Crippen LogP contribution is 2.24. The summed E-state index contributed by atoms with van der Waals surface area (Å²) in [4.78, 5) is 17.9. The third kappa shape index (κ3) is 3.50. The second kappa shape index (κ2) is 7.16. The molecule has 32 heavy (non-hydrogen) atoms. The summed E-state index contributed by atoms with van der Waals surface area (Å²) < 4.78 is 31.0. The summed E-state index contributed by atoms with van der Waals surface area (Å²) in [7, 11) is 0. The Labute approximate surface area is 182 Å². The molecule has 1 aromatic carbocycles. The number of rotatable bonds is 4. The Bertz CT molecular complexity index is 1460. The summed E-state index contributed by atoms with van der Waals surface area (Å²) in [5.74, 6) is -0.572. The van der Waals surface area contributed by atoms with Crippen LogP contribution in [-0.2, 0) is 12.1 Å². The molecule has 4 heterocycles. The van der Waals surface area contributed by atoms with Gasteiger partial charge in [0.25, 0.3) is 0 Å². The van der Waals surface area contributed by atoms with Crippen LogP contribution in [0.1, 0.15) is 30.9 Å². The van der Waals surface area contributed by atoms with Crippen molar-refractivity contribution in [3.63, 3.8) is 0 Å². The van der Waals surface area contributed by atoms with Crippen LogP contribution in [0.4, 0.5) is 8.78 Å². The van der Waals surface area contributed by atoms with Crippen LogP contribution >= 0.6 is 0 Å². The fourth-order valence-electron chi connectivity index (χ4n) is 3.73. The van der Waals surface area contributed by atoms with E-state index in [-0.39, 0.29) is 6.54 Å². The van der Waals surface area contributed by atoms with E-state index < -0.39 is 17.2 Å². The van der Waals surface area contributed by atoms with Gasteiger partial charge in [0.1, 0.15) is 28.6 Å². The average molecular weight is 434 g/mol. The Morgan fingerprint density at radius 1 is 1.00 bits per heavy atom. The summed E-state index contributed by atoms with van der Waals surface area (Å²) in [5, 5.41) is 10.3. The first-order valence-electron chi connectivity index (χ1n) is 10.0. The van der Waals surface area contributed by atoms with Crippen molar-refractivity contribution in [2.24, 2.45) is 0 Å². The monoisotopic (exact) mass is 434 g/mol. The molecule has 0 aliphatic rings. The van der Waals surface area contributed by atoms with E-state index in [1.54, 1.807) is 26.2 Å². The molecule has 7 nitrogen and oxygen atoms in total. The Hall–Kier alpha value is -3.72. The van der Waals surface area contributed by atoms with Gasteiger partial charge in [0, 0.05) is 18.8 Å². The quantitative estimate of drug-likeness (QED) is 0.462. The van der Waals surface area contributed by atoms with E-state index in [4.69, 9.17) is 0 Å². The smallest absolute Gasteiger partial charge is 0.178 e. The molecule has 5 aromatic rings. The lowest BCUT2D eigenvalue weighted by atomic mass is 10.1. The van der Waals surface area contributed by atoms with Gasteiger partial charge in [-0.25, -0.2) is 23.7 Å². The lowest BCUT2D eigenvalue weighted by molar-refractivity contribution is 0.0737. The van der Waals surface area contributed by atoms with Crippen LogP contribution in [0.2, 0.25) is 0 Å². The molecule has 0 unspecified atom stereocenters. The van der Waals surface area contributed by atoms with Crippen molar-refractivity contribution in [1.82, 2.24) is 29.1 Å². The van der Waals surface area contributed by atoms with E-state index in [1.165, 1.54) is 12.1 Å². The van der Waals surface area contributed by atoms with Gasteiger partial charge in [-0.15, -0.1) is 0 Å². The number of aromatic nitrogens is 6. The van der Waals surface area contributed by atoms with Crippen molar-refractivity contribution in [2.45, 2.75) is 32.9 Å². The van der Waals surface area contributed by atoms with E-state index in [1.807, 2.05) is 34.4 Å². The number of hydrogen-bond acceptors (Lipinski definition) is 5. The number of hydrogen-bond donors (Lipinski definition) is 1. The van der Waals surface area contributed by atoms with Crippen LogP contribution in [0.5, 0.6) is 0 Å². The highest BCUT2D eigenvalue weighted by molar-refractivity contribution is 5.78. The molecular formula is C23H20F2N6O. The van der Waals surface area contributed by atoms with Crippen LogP contribution < -0.4 is 0 Å². The summed E-state index contributed by atoms with van der Waals surface area (Å²) in [5.41, 5.74) is 3.05. The maximum absolute atomic E-state index is 13.7. The number of aliphatic hydroxyl groups is 1. The van der Waals surface area contributed by atoms with E-state index in [2.05, 4.69) is 19.9 Å². The zero-order valence-corrected chi connectivity index (χ0v) is 17.7. The molecule has 0 fully saturated rings. The average Bonchev–Trinajstić information content (AvgIpc) is 3.27. The van der Waals surface area contributed by atoms with E-state index in [0.717, 1.165) is 17.3 Å². The van der Waals surface area contributed by atoms with Crippen LogP contribution in [0.15, 0.2) is 48.9 Å². The van der Waals surface area contributed by atoms with Gasteiger partial charge in [0.15, 0.2) is 11.3 Å². The molecule has 0 atom stereocenters. The second-order valence-corrected chi connectivity index (χ2v) is 8.27. The second-order valence-electron chi connectivity index (χ2n) is 8.27. The van der Waals surface area contributed by atoms with Crippen molar-refractivity contribution >= 4 is 22.3 Å². The van der Waals surface area contributed by atoms with Crippen molar-refractivity contribution in [1.29, 1.82) is 0 Å². The summed E-state index contributed by atoms with van der Waals surface area (Å²) in [6.45, 7) is 5.38. The molecule has 4 aromatic heterocycles. The van der Waals surface area contributed by atoms with Crippen LogP contribution in [0.3, 0.4) is 0 Å². The van der Waals surface area contributed by atoms with E-state index in [9.17, 15) is 13.9 Å². The minimum Gasteiger partial charge on any atom is -0.384 e. The first-order valence-corrected chi connectivity index (χ1v) is 10.0. The van der Waals surface area contributed by atoms with E-state index in [0.29, 0.717) is 33.9 Å². The van der Waals surface area contributed by atoms with Crippen molar-refractivity contribution in [3.8, 4) is 5.69 Å². The molecule has 0 saturated carbocycles. The third-order valence-electron chi connectivity index (χ3n) is 5.34. The van der Waals surface area contributed by atoms with Crippen molar-refractivity contribution in [3.05, 3.63) is 77.6 Å². The predicted molar refractivity (Wildman–Crippen MR) is 115 cm³/mol. The molecule has 0 radical (unpaired) electrons. The minimum atomic E-state index is -1.13. The number of nitrogens with zero attached hydrogens (tertiary/aromatic N) is 6. The first kappa shape index (κ1) is 20.2. The van der Waals surface area contributed by atoms with Gasteiger partial charge >= 0.3 is 0 Å². The summed E-state index contributed by atoms with van der Waals surface area (Å²) in [6.07, 6.45) is 5.07. The lowest BCUT2D eigenvalue weighted by Gasteiger charge is -2.16. The highest BCUT2D eigenvalue weighted by Gasteiger charge is 2.20. The molecule has 162 valence electrons. The van der Waals surface area contributed by atoms with Gasteiger partial charge in [-0.05, 0) is 50.6 Å². The Morgan fingerprint density at radius 2 is 1.75 bits per heavy atom. The van der Waals surface area contributed by atoms with Crippen LogP contribution in [0, 0.1) is 18.6 Å². The van der Waals surface area contributed by atoms with Gasteiger partial charge in [-0.1, -0.05) is 0 Å². The Morgan fingerprint density at radius 3 is 2.47 bits per heavy atom. The predicted octanol–water partition coefficient (Wildman–Crippen LogP) is 4.03. The maximum Gasteiger partial charge on any atom is 0.178 e. The molecule has 0 amide bonds. The molecule has 0 aliphatic heterocycles. The number of halogens is 2. The largest absolute Gasteiger partial charge is 0.384 e. The zero-order valence-electron chi connectivity index (χ0n) is 17.7. The minimum absolute atomic E-state index is 0.247. The summed E-state index contributed by atoms with van der Waals surface area (Å²) >= 11 is 0. The molecule has 0 spiro atoms. The highest BCUT2D eigenvalue weighted by atomic mass is 19.1. The van der Waals surface area contributed by atoms with Crippen LogP contribution in [0.25, 0.3) is 28.0 Å². The number of fused-ring (bicyclic) bond motifs is 2. The molecule has 1 N–H and O–H groups in total. The van der Waals surface area contributed by atoms with Gasteiger partial charge in [0.05, 0.1) is 29.3 Å². The fourth-order valence-corrected chi connectivity index (χ4v) is 3.73. The molecular weight excluding hydrogens is 414 g/mol. The molecule has 0 saturated heterocycles. The number of pyridine rings is 1. The lowest BCUT2D eigenvalue weighted by Crippen LogP contribution is -2.18. The third-order valence-corrected chi connectivity index (χ3v) is 5.34. The van der Waals surface area contributed by atoms with Crippen LogP contribution in [-0.4, -0.2) is 34.2 Å². The standard InChI is InChI=1S/C23H20F2N6O/c1-13-28-21-19(31(13)12-14-6-15(24)8-16(25)7-14)9-17(10-27-21)30-5-4-18-22(30)29-20(11-26-18)23(2,3)32/h4-11,32H,12H2,1-3H3. The van der Waals surface area contributed by atoms with Crippen molar-refractivity contribution in [2.75, 3.05) is 0 Å². The molecule has 9 heteroatoms. The number of benzene rings is 1.